The standard InChI is InChI=1S/C26H28N4O3S2/c1-28-13-15-29(16-14-28)22-9-7-20(8-10-22)18-27-35(32,33)23-11-12-24-25(17-23)34-26(31)30(24)19-21-5-3-2-4-6-21/h2-12,17,27H,13-16,18-19H2,1H3. The van der Waals surface area contributed by atoms with E-state index in [0.29, 0.717) is 11.2 Å². The van der Waals surface area contributed by atoms with E-state index >= 15 is 0 Å². The third-order valence-corrected chi connectivity index (χ3v) is 8.75. The summed E-state index contributed by atoms with van der Waals surface area (Å²) in [7, 11) is -1.59. The highest BCUT2D eigenvalue weighted by molar-refractivity contribution is 7.89. The smallest absolute Gasteiger partial charge is 0.308 e. The Hall–Kier alpha value is -2.98. The second kappa shape index (κ2) is 9.94. The van der Waals surface area contributed by atoms with Crippen molar-refractivity contribution in [1.82, 2.24) is 14.2 Å². The van der Waals surface area contributed by atoms with Crippen molar-refractivity contribution in [3.8, 4) is 0 Å². The number of likely N-dealkylation sites (N-methyl/N-ethyl adjacent to an activating group) is 1. The van der Waals surface area contributed by atoms with Gasteiger partial charge in [0.2, 0.25) is 10.0 Å². The first-order chi connectivity index (χ1) is 16.9. The molecule has 0 atom stereocenters. The highest BCUT2D eigenvalue weighted by Gasteiger charge is 2.18. The summed E-state index contributed by atoms with van der Waals surface area (Å²) in [4.78, 5) is 17.3. The summed E-state index contributed by atoms with van der Waals surface area (Å²) in [6, 6.07) is 22.6. The average Bonchev–Trinajstić information content (AvgIpc) is 3.18. The largest absolute Gasteiger partial charge is 0.369 e. The van der Waals surface area contributed by atoms with Crippen LogP contribution in [0.15, 0.2) is 82.5 Å². The molecule has 0 amide bonds. The van der Waals surface area contributed by atoms with Crippen molar-refractivity contribution in [3.05, 3.63) is 93.6 Å². The third kappa shape index (κ3) is 5.33. The fraction of sp³-hybridized carbons (Fsp3) is 0.269. The minimum Gasteiger partial charge on any atom is -0.369 e. The third-order valence-electron chi connectivity index (χ3n) is 6.40. The van der Waals surface area contributed by atoms with Crippen LogP contribution in [0.1, 0.15) is 11.1 Å². The van der Waals surface area contributed by atoms with Crippen LogP contribution in [-0.4, -0.2) is 51.1 Å². The number of piperazine rings is 1. The number of hydrogen-bond donors (Lipinski definition) is 1. The summed E-state index contributed by atoms with van der Waals surface area (Å²) in [5, 5.41) is 0. The van der Waals surface area contributed by atoms with E-state index in [1.165, 1.54) is 0 Å². The number of thiazole rings is 1. The summed E-state index contributed by atoms with van der Waals surface area (Å²) >= 11 is 1.07. The molecular formula is C26H28N4O3S2. The van der Waals surface area contributed by atoms with E-state index in [1.54, 1.807) is 22.8 Å². The van der Waals surface area contributed by atoms with E-state index in [0.717, 1.165) is 59.8 Å². The van der Waals surface area contributed by atoms with Crippen LogP contribution in [0.25, 0.3) is 10.2 Å². The van der Waals surface area contributed by atoms with Gasteiger partial charge in [0.25, 0.3) is 0 Å². The van der Waals surface area contributed by atoms with Gasteiger partial charge in [-0.3, -0.25) is 9.36 Å². The molecule has 0 spiro atoms. The van der Waals surface area contributed by atoms with Gasteiger partial charge in [-0.15, -0.1) is 0 Å². The van der Waals surface area contributed by atoms with Gasteiger partial charge in [-0.1, -0.05) is 53.8 Å². The normalized spacial score (nSPS) is 15.1. The molecule has 0 bridgehead atoms. The highest BCUT2D eigenvalue weighted by Crippen LogP contribution is 2.23. The van der Waals surface area contributed by atoms with Crippen LogP contribution in [0.3, 0.4) is 0 Å². The van der Waals surface area contributed by atoms with Crippen molar-refractivity contribution in [2.24, 2.45) is 0 Å². The molecule has 1 aliphatic rings. The summed E-state index contributed by atoms with van der Waals surface area (Å²) < 4.78 is 31.0. The second-order valence-corrected chi connectivity index (χ2v) is 11.6. The topological polar surface area (TPSA) is 74.7 Å². The van der Waals surface area contributed by atoms with Crippen molar-refractivity contribution in [1.29, 1.82) is 0 Å². The van der Waals surface area contributed by atoms with E-state index in [2.05, 4.69) is 21.6 Å². The molecule has 182 valence electrons. The maximum absolute atomic E-state index is 13.0. The quantitative estimate of drug-likeness (QED) is 0.415. The number of nitrogens with zero attached hydrogens (tertiary/aromatic N) is 3. The van der Waals surface area contributed by atoms with Gasteiger partial charge in [-0.2, -0.15) is 0 Å². The van der Waals surface area contributed by atoms with Crippen molar-refractivity contribution >= 4 is 37.3 Å². The van der Waals surface area contributed by atoms with Crippen LogP contribution < -0.4 is 14.5 Å². The van der Waals surface area contributed by atoms with Crippen LogP contribution in [-0.2, 0) is 23.1 Å². The Morgan fingerprint density at radius 2 is 1.60 bits per heavy atom. The Morgan fingerprint density at radius 1 is 0.886 bits per heavy atom. The fourth-order valence-electron chi connectivity index (χ4n) is 4.28. The molecule has 1 fully saturated rings. The molecule has 1 saturated heterocycles. The van der Waals surface area contributed by atoms with Crippen LogP contribution in [0.5, 0.6) is 0 Å². The molecule has 1 aliphatic heterocycles. The maximum atomic E-state index is 13.0. The first-order valence-electron chi connectivity index (χ1n) is 11.6. The zero-order valence-corrected chi connectivity index (χ0v) is 21.2. The molecule has 0 radical (unpaired) electrons. The van der Waals surface area contributed by atoms with Gasteiger partial charge in [0.15, 0.2) is 0 Å². The molecule has 7 nitrogen and oxygen atoms in total. The lowest BCUT2D eigenvalue weighted by Gasteiger charge is -2.34. The molecule has 2 heterocycles. The minimum atomic E-state index is -3.72. The van der Waals surface area contributed by atoms with E-state index in [9.17, 15) is 13.2 Å². The molecule has 1 aromatic heterocycles. The van der Waals surface area contributed by atoms with Gasteiger partial charge in [-0.25, -0.2) is 13.1 Å². The number of nitrogens with one attached hydrogen (secondary N) is 1. The summed E-state index contributed by atoms with van der Waals surface area (Å²) in [5.74, 6) is 0. The number of sulfonamides is 1. The molecule has 1 N–H and O–H groups in total. The average molecular weight is 509 g/mol. The molecule has 5 rings (SSSR count). The summed E-state index contributed by atoms with van der Waals surface area (Å²) in [5.41, 5.74) is 3.81. The summed E-state index contributed by atoms with van der Waals surface area (Å²) in [6.45, 7) is 4.71. The van der Waals surface area contributed by atoms with Crippen molar-refractivity contribution < 1.29 is 8.42 Å². The number of benzene rings is 3. The first kappa shape index (κ1) is 23.7. The fourth-order valence-corrected chi connectivity index (χ4v) is 6.33. The first-order valence-corrected chi connectivity index (χ1v) is 13.9. The molecule has 0 saturated carbocycles. The summed E-state index contributed by atoms with van der Waals surface area (Å²) in [6.07, 6.45) is 0. The number of hydrogen-bond acceptors (Lipinski definition) is 6. The second-order valence-electron chi connectivity index (χ2n) is 8.85. The number of anilines is 1. The molecule has 3 aromatic carbocycles. The SMILES string of the molecule is CN1CCN(c2ccc(CNS(=O)(=O)c3ccc4c(c3)sc(=O)n4Cc3ccccc3)cc2)CC1. The lowest BCUT2D eigenvalue weighted by atomic mass is 10.2. The molecule has 35 heavy (non-hydrogen) atoms. The zero-order valence-electron chi connectivity index (χ0n) is 19.6. The molecular weight excluding hydrogens is 480 g/mol. The minimum absolute atomic E-state index is 0.105. The van der Waals surface area contributed by atoms with Crippen molar-refractivity contribution in [3.63, 3.8) is 0 Å². The lowest BCUT2D eigenvalue weighted by molar-refractivity contribution is 0.313. The lowest BCUT2D eigenvalue weighted by Crippen LogP contribution is -2.44. The van der Waals surface area contributed by atoms with Gasteiger partial charge >= 0.3 is 4.87 Å². The highest BCUT2D eigenvalue weighted by atomic mass is 32.2. The van der Waals surface area contributed by atoms with Crippen LogP contribution in [0.4, 0.5) is 5.69 Å². The Kier molecular flexibility index (Phi) is 6.75. The maximum Gasteiger partial charge on any atom is 0.308 e. The number of aromatic nitrogens is 1. The van der Waals surface area contributed by atoms with Crippen molar-refractivity contribution in [2.75, 3.05) is 38.1 Å². The molecule has 4 aromatic rings. The van der Waals surface area contributed by atoms with Crippen LogP contribution in [0, 0.1) is 0 Å². The Morgan fingerprint density at radius 3 is 2.31 bits per heavy atom. The van der Waals surface area contributed by atoms with E-state index in [4.69, 9.17) is 0 Å². The van der Waals surface area contributed by atoms with Gasteiger partial charge in [0.05, 0.1) is 21.7 Å². The van der Waals surface area contributed by atoms with Gasteiger partial charge in [-0.05, 0) is 48.5 Å². The number of rotatable bonds is 7. The molecule has 0 aliphatic carbocycles. The van der Waals surface area contributed by atoms with E-state index in [-0.39, 0.29) is 16.3 Å². The number of fused-ring (bicyclic) bond motifs is 1. The zero-order chi connectivity index (χ0) is 24.4. The monoisotopic (exact) mass is 508 g/mol. The van der Waals surface area contributed by atoms with E-state index < -0.39 is 10.0 Å². The predicted molar refractivity (Wildman–Crippen MR) is 142 cm³/mol. The van der Waals surface area contributed by atoms with Crippen LogP contribution in [0.2, 0.25) is 0 Å². The van der Waals surface area contributed by atoms with E-state index in [1.807, 2.05) is 54.6 Å². The molecule has 0 unspecified atom stereocenters. The van der Waals surface area contributed by atoms with Gasteiger partial charge in [0.1, 0.15) is 0 Å². The Balaban J connectivity index is 1.28. The Bertz CT molecular complexity index is 1470. The predicted octanol–water partition coefficient (Wildman–Crippen LogP) is 3.34. The van der Waals surface area contributed by atoms with Crippen molar-refractivity contribution in [2.45, 2.75) is 18.0 Å². The van der Waals surface area contributed by atoms with Gasteiger partial charge in [0, 0.05) is 38.4 Å². The molecule has 9 heteroatoms. The van der Waals surface area contributed by atoms with Gasteiger partial charge < -0.3 is 9.80 Å². The Labute approximate surface area is 209 Å². The van der Waals surface area contributed by atoms with Crippen LogP contribution >= 0.6 is 11.3 Å².